The van der Waals surface area contributed by atoms with E-state index in [1.807, 2.05) is 0 Å². The molecule has 1 aliphatic heterocycles. The zero-order valence-electron chi connectivity index (χ0n) is 12.6. The van der Waals surface area contributed by atoms with Gasteiger partial charge in [-0.1, -0.05) is 0 Å². The second-order valence-corrected chi connectivity index (χ2v) is 6.01. The number of halogens is 1. The van der Waals surface area contributed by atoms with Crippen LogP contribution in [0, 0.1) is 5.92 Å². The molecule has 0 aromatic heterocycles. The Morgan fingerprint density at radius 2 is 1.95 bits per heavy atom. The first kappa shape index (κ1) is 16.7. The maximum absolute atomic E-state index is 13.8. The maximum atomic E-state index is 13.8. The molecule has 0 radical (unpaired) electrons. The summed E-state index contributed by atoms with van der Waals surface area (Å²) >= 11 is 0. The minimum atomic E-state index is -1.09. The van der Waals surface area contributed by atoms with E-state index < -0.39 is 17.9 Å². The van der Waals surface area contributed by atoms with Crippen LogP contribution in [-0.2, 0) is 14.3 Å². The van der Waals surface area contributed by atoms with Gasteiger partial charge in [-0.15, -0.1) is 0 Å². The van der Waals surface area contributed by atoms with Crippen LogP contribution in [-0.4, -0.2) is 48.4 Å². The van der Waals surface area contributed by atoms with Crippen molar-refractivity contribution in [2.75, 3.05) is 19.7 Å². The third-order valence-electron chi connectivity index (χ3n) is 3.00. The second kappa shape index (κ2) is 6.90. The van der Waals surface area contributed by atoms with Crippen molar-refractivity contribution in [1.29, 1.82) is 0 Å². The average molecular weight is 289 g/mol. The van der Waals surface area contributed by atoms with Gasteiger partial charge in [0.15, 0.2) is 0 Å². The molecule has 0 bridgehead atoms. The summed E-state index contributed by atoms with van der Waals surface area (Å²) in [7, 11) is 0. The summed E-state index contributed by atoms with van der Waals surface area (Å²) in [6, 6.07) is 0. The van der Waals surface area contributed by atoms with Gasteiger partial charge in [0, 0.05) is 25.4 Å². The predicted octanol–water partition coefficient (Wildman–Crippen LogP) is 2.53. The van der Waals surface area contributed by atoms with E-state index in [4.69, 9.17) is 9.47 Å². The average Bonchev–Trinajstić information content (AvgIpc) is 2.22. The summed E-state index contributed by atoms with van der Waals surface area (Å²) in [4.78, 5) is 24.3. The predicted molar refractivity (Wildman–Crippen MR) is 72.1 cm³/mol. The van der Waals surface area contributed by atoms with Crippen molar-refractivity contribution in [3.63, 3.8) is 0 Å². The van der Waals surface area contributed by atoms with Gasteiger partial charge in [-0.25, -0.2) is 9.18 Å². The minimum absolute atomic E-state index is 0.0813. The van der Waals surface area contributed by atoms with E-state index in [1.165, 1.54) is 4.90 Å². The Labute approximate surface area is 119 Å². The quantitative estimate of drug-likeness (QED) is 0.730. The topological polar surface area (TPSA) is 55.8 Å². The highest BCUT2D eigenvalue weighted by Crippen LogP contribution is 2.26. The second-order valence-electron chi connectivity index (χ2n) is 6.01. The van der Waals surface area contributed by atoms with Crippen LogP contribution in [0.2, 0.25) is 0 Å². The van der Waals surface area contributed by atoms with Crippen molar-refractivity contribution < 1.29 is 23.5 Å². The van der Waals surface area contributed by atoms with Gasteiger partial charge in [0.2, 0.25) is 0 Å². The van der Waals surface area contributed by atoms with Crippen molar-refractivity contribution in [1.82, 2.24) is 4.90 Å². The van der Waals surface area contributed by atoms with E-state index in [0.717, 1.165) is 0 Å². The van der Waals surface area contributed by atoms with Crippen LogP contribution in [0.4, 0.5) is 9.18 Å². The standard InChI is InChI=1S/C14H24FNO4/c1-5-19-12(17)7-6-11(15)10-8-16(9-10)13(18)20-14(2,3)4/h10-11H,5-9H2,1-4H3. The Morgan fingerprint density at radius 1 is 1.35 bits per heavy atom. The van der Waals surface area contributed by atoms with E-state index in [2.05, 4.69) is 0 Å². The summed E-state index contributed by atoms with van der Waals surface area (Å²) in [5.41, 5.74) is -0.540. The molecule has 0 aromatic carbocycles. The molecule has 1 amide bonds. The largest absolute Gasteiger partial charge is 0.466 e. The van der Waals surface area contributed by atoms with E-state index in [0.29, 0.717) is 19.7 Å². The van der Waals surface area contributed by atoms with Gasteiger partial charge in [0.1, 0.15) is 11.8 Å². The number of ether oxygens (including phenoxy) is 2. The van der Waals surface area contributed by atoms with Crippen LogP contribution in [0.15, 0.2) is 0 Å². The Kier molecular flexibility index (Phi) is 5.77. The third-order valence-corrected chi connectivity index (χ3v) is 3.00. The maximum Gasteiger partial charge on any atom is 0.410 e. The number of likely N-dealkylation sites (tertiary alicyclic amines) is 1. The zero-order valence-corrected chi connectivity index (χ0v) is 12.6. The number of carbonyl (C=O) groups excluding carboxylic acids is 2. The summed E-state index contributed by atoms with van der Waals surface area (Å²) in [6.45, 7) is 8.09. The zero-order chi connectivity index (χ0) is 15.3. The third kappa shape index (κ3) is 5.35. The van der Waals surface area contributed by atoms with Crippen LogP contribution >= 0.6 is 0 Å². The monoisotopic (exact) mass is 289 g/mol. The molecule has 1 heterocycles. The van der Waals surface area contributed by atoms with E-state index in [-0.39, 0.29) is 24.7 Å². The molecule has 116 valence electrons. The fraction of sp³-hybridized carbons (Fsp3) is 0.857. The number of hydrogen-bond donors (Lipinski definition) is 0. The number of rotatable bonds is 5. The lowest BCUT2D eigenvalue weighted by Gasteiger charge is -2.41. The minimum Gasteiger partial charge on any atom is -0.466 e. The molecule has 0 N–H and O–H groups in total. The summed E-state index contributed by atoms with van der Waals surface area (Å²) in [5.74, 6) is -0.588. The van der Waals surface area contributed by atoms with E-state index >= 15 is 0 Å². The number of esters is 1. The van der Waals surface area contributed by atoms with Crippen molar-refractivity contribution >= 4 is 12.1 Å². The highest BCUT2D eigenvalue weighted by atomic mass is 19.1. The Hall–Kier alpha value is -1.33. The van der Waals surface area contributed by atoms with Crippen LogP contribution in [0.25, 0.3) is 0 Å². The van der Waals surface area contributed by atoms with Gasteiger partial charge >= 0.3 is 12.1 Å². The Bertz CT molecular complexity index is 348. The Morgan fingerprint density at radius 3 is 2.45 bits per heavy atom. The number of hydrogen-bond acceptors (Lipinski definition) is 4. The van der Waals surface area contributed by atoms with Gasteiger partial charge in [-0.05, 0) is 34.1 Å². The van der Waals surface area contributed by atoms with Crippen molar-refractivity contribution in [2.24, 2.45) is 5.92 Å². The van der Waals surface area contributed by atoms with Crippen LogP contribution in [0.5, 0.6) is 0 Å². The van der Waals surface area contributed by atoms with Crippen LogP contribution in [0.3, 0.4) is 0 Å². The number of nitrogens with zero attached hydrogens (tertiary/aromatic N) is 1. The molecule has 0 aliphatic carbocycles. The summed E-state index contributed by atoms with van der Waals surface area (Å²) in [5, 5.41) is 0. The highest BCUT2D eigenvalue weighted by molar-refractivity contribution is 5.70. The SMILES string of the molecule is CCOC(=O)CCC(F)C1CN(C(=O)OC(C)(C)C)C1. The Balaban J connectivity index is 2.23. The molecule has 1 fully saturated rings. The summed E-state index contributed by atoms with van der Waals surface area (Å²) in [6.07, 6.45) is -1.27. The van der Waals surface area contributed by atoms with Gasteiger partial charge in [0.05, 0.1) is 6.61 Å². The van der Waals surface area contributed by atoms with Gasteiger partial charge in [0.25, 0.3) is 0 Å². The lowest BCUT2D eigenvalue weighted by Crippen LogP contribution is -2.54. The number of alkyl halides is 1. The molecule has 0 aromatic rings. The van der Waals surface area contributed by atoms with Gasteiger partial charge in [-0.2, -0.15) is 0 Å². The summed E-state index contributed by atoms with van der Waals surface area (Å²) < 4.78 is 23.8. The normalized spacial score (nSPS) is 17.4. The first-order valence-electron chi connectivity index (χ1n) is 7.00. The molecule has 1 aliphatic rings. The van der Waals surface area contributed by atoms with Gasteiger partial charge < -0.3 is 14.4 Å². The molecule has 0 saturated carbocycles. The molecule has 20 heavy (non-hydrogen) atoms. The van der Waals surface area contributed by atoms with Crippen molar-refractivity contribution in [3.05, 3.63) is 0 Å². The molecule has 1 saturated heterocycles. The smallest absolute Gasteiger partial charge is 0.410 e. The molecule has 0 spiro atoms. The van der Waals surface area contributed by atoms with Gasteiger partial charge in [-0.3, -0.25) is 4.79 Å². The van der Waals surface area contributed by atoms with Crippen LogP contribution in [0.1, 0.15) is 40.5 Å². The molecular formula is C14H24FNO4. The van der Waals surface area contributed by atoms with Crippen molar-refractivity contribution in [2.45, 2.75) is 52.3 Å². The van der Waals surface area contributed by atoms with Crippen LogP contribution < -0.4 is 0 Å². The number of amides is 1. The fourth-order valence-electron chi connectivity index (χ4n) is 1.94. The molecule has 1 unspecified atom stereocenters. The van der Waals surface area contributed by atoms with E-state index in [9.17, 15) is 14.0 Å². The van der Waals surface area contributed by atoms with Crippen molar-refractivity contribution in [3.8, 4) is 0 Å². The first-order chi connectivity index (χ1) is 9.23. The highest BCUT2D eigenvalue weighted by Gasteiger charge is 2.38. The van der Waals surface area contributed by atoms with E-state index in [1.54, 1.807) is 27.7 Å². The lowest BCUT2D eigenvalue weighted by atomic mass is 9.92. The molecule has 1 atom stereocenters. The molecule has 6 heteroatoms. The molecule has 1 rings (SSSR count). The lowest BCUT2D eigenvalue weighted by molar-refractivity contribution is -0.143. The first-order valence-corrected chi connectivity index (χ1v) is 7.00. The number of carbonyl (C=O) groups is 2. The molecule has 5 nitrogen and oxygen atoms in total. The fourth-order valence-corrected chi connectivity index (χ4v) is 1.94. The molecular weight excluding hydrogens is 265 g/mol.